The van der Waals surface area contributed by atoms with Crippen LogP contribution in [0.4, 0.5) is 0 Å². The number of H-pyrrole nitrogens is 1. The molecule has 0 bridgehead atoms. The molecule has 0 radical (unpaired) electrons. The smallest absolute Gasteiger partial charge is 0.184 e. The molecule has 0 saturated heterocycles. The molecule has 0 amide bonds. The van der Waals surface area contributed by atoms with Crippen molar-refractivity contribution in [3.05, 3.63) is 46.0 Å². The molecule has 0 saturated carbocycles. The highest BCUT2D eigenvalue weighted by molar-refractivity contribution is 6.31. The highest BCUT2D eigenvalue weighted by Crippen LogP contribution is 2.36. The van der Waals surface area contributed by atoms with E-state index in [0.29, 0.717) is 30.9 Å². The molecule has 2 N–H and O–H groups in total. The SMILES string of the molecule is Cc1cc(OCc2[nH]nc3nc(CCCO)ncc23)c(C(C)(C)C)cc1Cl. The van der Waals surface area contributed by atoms with Gasteiger partial charge in [0.15, 0.2) is 5.65 Å². The molecule has 6 nitrogen and oxygen atoms in total. The van der Waals surface area contributed by atoms with Crippen LogP contribution in [0.5, 0.6) is 5.75 Å². The zero-order valence-electron chi connectivity index (χ0n) is 16.1. The number of benzene rings is 1. The molecule has 0 aliphatic carbocycles. The van der Waals surface area contributed by atoms with Crippen molar-refractivity contribution in [3.8, 4) is 5.75 Å². The van der Waals surface area contributed by atoms with E-state index in [1.165, 1.54) is 0 Å². The van der Waals surface area contributed by atoms with Gasteiger partial charge in [0, 0.05) is 29.8 Å². The number of aromatic nitrogens is 4. The normalized spacial score (nSPS) is 11.9. The van der Waals surface area contributed by atoms with Gasteiger partial charge in [-0.3, -0.25) is 5.10 Å². The molecule has 0 fully saturated rings. The lowest BCUT2D eigenvalue weighted by Gasteiger charge is -2.23. The van der Waals surface area contributed by atoms with Crippen LogP contribution in [-0.2, 0) is 18.4 Å². The minimum atomic E-state index is -0.0898. The number of rotatable bonds is 6. The summed E-state index contributed by atoms with van der Waals surface area (Å²) < 4.78 is 6.13. The maximum absolute atomic E-state index is 8.94. The summed E-state index contributed by atoms with van der Waals surface area (Å²) in [5, 5.41) is 17.8. The van der Waals surface area contributed by atoms with Gasteiger partial charge in [-0.05, 0) is 36.5 Å². The number of hydrogen-bond donors (Lipinski definition) is 2. The third-order valence-electron chi connectivity index (χ3n) is 4.44. The van der Waals surface area contributed by atoms with Gasteiger partial charge in [0.25, 0.3) is 0 Å². The first kappa shape index (κ1) is 19.6. The maximum atomic E-state index is 8.94. The van der Waals surface area contributed by atoms with E-state index in [0.717, 1.165) is 33.0 Å². The average molecular weight is 389 g/mol. The topological polar surface area (TPSA) is 83.9 Å². The largest absolute Gasteiger partial charge is 0.487 e. The fourth-order valence-electron chi connectivity index (χ4n) is 2.87. The van der Waals surface area contributed by atoms with Crippen LogP contribution in [0.1, 0.15) is 49.8 Å². The van der Waals surface area contributed by atoms with Crippen LogP contribution in [0.25, 0.3) is 11.0 Å². The first-order valence-corrected chi connectivity index (χ1v) is 9.40. The molecule has 3 rings (SSSR count). The molecule has 2 aromatic heterocycles. The molecule has 144 valence electrons. The van der Waals surface area contributed by atoms with Gasteiger partial charge in [0.2, 0.25) is 0 Å². The van der Waals surface area contributed by atoms with Crippen molar-refractivity contribution >= 4 is 22.6 Å². The van der Waals surface area contributed by atoms with Crippen LogP contribution in [0.15, 0.2) is 18.3 Å². The van der Waals surface area contributed by atoms with Gasteiger partial charge in [-0.15, -0.1) is 0 Å². The average Bonchev–Trinajstić information content (AvgIpc) is 3.02. The number of fused-ring (bicyclic) bond motifs is 1. The Balaban J connectivity index is 1.84. The molecule has 0 atom stereocenters. The lowest BCUT2D eigenvalue weighted by molar-refractivity contribution is 0.287. The van der Waals surface area contributed by atoms with Crippen LogP contribution in [0.2, 0.25) is 5.02 Å². The number of ether oxygens (including phenoxy) is 1. The summed E-state index contributed by atoms with van der Waals surface area (Å²) in [4.78, 5) is 8.79. The zero-order chi connectivity index (χ0) is 19.6. The van der Waals surface area contributed by atoms with Crippen molar-refractivity contribution < 1.29 is 9.84 Å². The van der Waals surface area contributed by atoms with Crippen LogP contribution in [0, 0.1) is 6.92 Å². The van der Waals surface area contributed by atoms with E-state index in [9.17, 15) is 0 Å². The van der Waals surface area contributed by atoms with Gasteiger partial charge in [0.1, 0.15) is 18.2 Å². The second-order valence-electron chi connectivity index (χ2n) is 7.69. The van der Waals surface area contributed by atoms with E-state index in [2.05, 4.69) is 40.9 Å². The predicted molar refractivity (Wildman–Crippen MR) is 106 cm³/mol. The van der Waals surface area contributed by atoms with Crippen LogP contribution in [-0.4, -0.2) is 31.9 Å². The number of aliphatic hydroxyl groups excluding tert-OH is 1. The van der Waals surface area contributed by atoms with Gasteiger partial charge in [-0.1, -0.05) is 32.4 Å². The molecule has 7 heteroatoms. The first-order chi connectivity index (χ1) is 12.8. The lowest BCUT2D eigenvalue weighted by Crippen LogP contribution is -2.14. The molecule has 3 aromatic rings. The molecule has 0 aliphatic heterocycles. The van der Waals surface area contributed by atoms with Gasteiger partial charge in [0.05, 0.1) is 11.1 Å². The van der Waals surface area contributed by atoms with E-state index in [4.69, 9.17) is 21.4 Å². The second-order valence-corrected chi connectivity index (χ2v) is 8.10. The molecule has 1 aromatic carbocycles. The van der Waals surface area contributed by atoms with Crippen LogP contribution < -0.4 is 4.74 Å². The number of nitrogens with zero attached hydrogens (tertiary/aromatic N) is 3. The Hall–Kier alpha value is -2.18. The monoisotopic (exact) mass is 388 g/mol. The molecule has 0 aliphatic rings. The number of aliphatic hydroxyl groups is 1. The van der Waals surface area contributed by atoms with Crippen LogP contribution >= 0.6 is 11.6 Å². The minimum absolute atomic E-state index is 0.0898. The Morgan fingerprint density at radius 2 is 2.04 bits per heavy atom. The van der Waals surface area contributed by atoms with Crippen molar-refractivity contribution in [2.24, 2.45) is 0 Å². The Labute approximate surface area is 164 Å². The van der Waals surface area contributed by atoms with Crippen molar-refractivity contribution in [2.75, 3.05) is 6.61 Å². The number of hydrogen-bond acceptors (Lipinski definition) is 5. The minimum Gasteiger partial charge on any atom is -0.487 e. The van der Waals surface area contributed by atoms with Crippen molar-refractivity contribution in [3.63, 3.8) is 0 Å². The number of halogens is 1. The Kier molecular flexibility index (Phi) is 5.67. The summed E-state index contributed by atoms with van der Waals surface area (Å²) in [6.45, 7) is 8.82. The van der Waals surface area contributed by atoms with E-state index in [1.54, 1.807) is 6.20 Å². The van der Waals surface area contributed by atoms with Crippen LogP contribution in [0.3, 0.4) is 0 Å². The number of nitrogens with one attached hydrogen (secondary N) is 1. The fourth-order valence-corrected chi connectivity index (χ4v) is 3.03. The zero-order valence-corrected chi connectivity index (χ0v) is 16.9. The maximum Gasteiger partial charge on any atom is 0.184 e. The highest BCUT2D eigenvalue weighted by atomic mass is 35.5. The standard InChI is InChI=1S/C20H25ClN4O2/c1-12-8-17(14(9-15(12)21)20(2,3)4)27-11-16-13-10-22-18(6-5-7-26)23-19(13)25-24-16/h8-10,26H,5-7,11H2,1-4H3,(H,22,23,24,25). The quantitative estimate of drug-likeness (QED) is 0.663. The van der Waals surface area contributed by atoms with Gasteiger partial charge < -0.3 is 9.84 Å². The van der Waals surface area contributed by atoms with Crippen molar-refractivity contribution in [1.82, 2.24) is 20.2 Å². The summed E-state index contributed by atoms with van der Waals surface area (Å²) in [5.74, 6) is 1.49. The molecule has 2 heterocycles. The summed E-state index contributed by atoms with van der Waals surface area (Å²) in [7, 11) is 0. The van der Waals surface area contributed by atoms with Crippen molar-refractivity contribution in [2.45, 2.75) is 52.6 Å². The molecule has 0 unspecified atom stereocenters. The van der Waals surface area contributed by atoms with Gasteiger partial charge in [-0.2, -0.15) is 5.10 Å². The van der Waals surface area contributed by atoms with E-state index >= 15 is 0 Å². The summed E-state index contributed by atoms with van der Waals surface area (Å²) in [6, 6.07) is 3.96. The summed E-state index contributed by atoms with van der Waals surface area (Å²) >= 11 is 6.32. The summed E-state index contributed by atoms with van der Waals surface area (Å²) in [5.41, 5.74) is 3.38. The van der Waals surface area contributed by atoms with Gasteiger partial charge in [-0.25, -0.2) is 9.97 Å². The Morgan fingerprint density at radius 1 is 1.26 bits per heavy atom. The third kappa shape index (κ3) is 4.39. The fraction of sp³-hybridized carbons (Fsp3) is 0.450. The van der Waals surface area contributed by atoms with Crippen molar-refractivity contribution in [1.29, 1.82) is 0 Å². The van der Waals surface area contributed by atoms with E-state index in [1.807, 2.05) is 19.1 Å². The molecular formula is C20H25ClN4O2. The third-order valence-corrected chi connectivity index (χ3v) is 4.85. The molecule has 0 spiro atoms. The first-order valence-electron chi connectivity index (χ1n) is 9.02. The number of aryl methyl sites for hydroxylation is 2. The Bertz CT molecular complexity index is 947. The second kappa shape index (κ2) is 7.82. The Morgan fingerprint density at radius 3 is 2.74 bits per heavy atom. The summed E-state index contributed by atoms with van der Waals surface area (Å²) in [6.07, 6.45) is 3.02. The predicted octanol–water partition coefficient (Wildman–Crippen LogP) is 4.12. The molecular weight excluding hydrogens is 364 g/mol. The lowest BCUT2D eigenvalue weighted by atomic mass is 9.86. The van der Waals surface area contributed by atoms with E-state index < -0.39 is 0 Å². The van der Waals surface area contributed by atoms with E-state index in [-0.39, 0.29) is 12.0 Å². The highest BCUT2D eigenvalue weighted by Gasteiger charge is 2.21. The van der Waals surface area contributed by atoms with Gasteiger partial charge >= 0.3 is 0 Å². The number of aromatic amines is 1. The molecule has 27 heavy (non-hydrogen) atoms.